The van der Waals surface area contributed by atoms with E-state index in [0.717, 1.165) is 11.8 Å². The van der Waals surface area contributed by atoms with Gasteiger partial charge in [0.2, 0.25) is 11.8 Å². The Morgan fingerprint density at radius 3 is 2.04 bits per heavy atom. The maximum absolute atomic E-state index is 12.9. The Morgan fingerprint density at radius 2 is 1.62 bits per heavy atom. The van der Waals surface area contributed by atoms with E-state index in [2.05, 4.69) is 25.7 Å². The Hall–Kier alpha value is -1.32. The highest BCUT2D eigenvalue weighted by Gasteiger charge is 2.60. The Labute approximate surface area is 146 Å². The predicted octanol–water partition coefficient (Wildman–Crippen LogP) is 2.99. The van der Waals surface area contributed by atoms with Crippen molar-refractivity contribution in [3.63, 3.8) is 0 Å². The molecule has 0 aromatic carbocycles. The quantitative estimate of drug-likeness (QED) is 0.787. The van der Waals surface area contributed by atoms with Crippen LogP contribution < -0.4 is 5.32 Å². The molecule has 24 heavy (non-hydrogen) atoms. The lowest BCUT2D eigenvalue weighted by Gasteiger charge is -2.65. The van der Waals surface area contributed by atoms with Gasteiger partial charge in [-0.25, -0.2) is 0 Å². The number of carbonyl (C=O) groups is 2. The first-order valence-electron chi connectivity index (χ1n) is 9.47. The second-order valence-corrected chi connectivity index (χ2v) is 8.76. The number of carbonyl (C=O) groups excluding carboxylic acids is 2. The second-order valence-electron chi connectivity index (χ2n) is 8.76. The fourth-order valence-corrected chi connectivity index (χ4v) is 6.46. The van der Waals surface area contributed by atoms with Crippen LogP contribution in [0.4, 0.5) is 0 Å². The number of hydrogen-bond acceptors (Lipinski definition) is 2. The van der Waals surface area contributed by atoms with Gasteiger partial charge in [-0.2, -0.15) is 0 Å². The Kier molecular flexibility index (Phi) is 4.52. The van der Waals surface area contributed by atoms with E-state index in [0.29, 0.717) is 23.3 Å². The first-order chi connectivity index (χ1) is 11.3. The highest BCUT2D eigenvalue weighted by atomic mass is 16.2. The first-order valence-corrected chi connectivity index (χ1v) is 9.47. The fraction of sp³-hybridized carbons (Fsp3) is 0.800. The molecule has 4 rings (SSSR count). The van der Waals surface area contributed by atoms with Gasteiger partial charge in [-0.15, -0.1) is 0 Å². The fourth-order valence-electron chi connectivity index (χ4n) is 6.46. The molecule has 0 aromatic heterocycles. The molecule has 4 saturated carbocycles. The molecule has 2 amide bonds. The van der Waals surface area contributed by atoms with Gasteiger partial charge in [0.15, 0.2) is 0 Å². The molecule has 0 saturated heterocycles. The van der Waals surface area contributed by atoms with Crippen LogP contribution in [0.5, 0.6) is 0 Å². The molecule has 4 fully saturated rings. The Balaban J connectivity index is 1.79. The van der Waals surface area contributed by atoms with Gasteiger partial charge in [0.25, 0.3) is 0 Å². The van der Waals surface area contributed by atoms with Gasteiger partial charge in [-0.05, 0) is 68.6 Å². The number of nitrogens with zero attached hydrogens (tertiary/aromatic N) is 1. The zero-order valence-corrected chi connectivity index (χ0v) is 15.6. The maximum Gasteiger partial charge on any atom is 0.246 e. The van der Waals surface area contributed by atoms with E-state index in [1.54, 1.807) is 6.92 Å². The van der Waals surface area contributed by atoms with Crippen molar-refractivity contribution in [2.45, 2.75) is 58.4 Å². The van der Waals surface area contributed by atoms with Gasteiger partial charge in [0, 0.05) is 12.6 Å². The van der Waals surface area contributed by atoms with Gasteiger partial charge < -0.3 is 10.2 Å². The molecule has 134 valence electrons. The molecule has 0 unspecified atom stereocenters. The molecule has 0 radical (unpaired) electrons. The Morgan fingerprint density at radius 1 is 1.12 bits per heavy atom. The molecule has 0 atom stereocenters. The summed E-state index contributed by atoms with van der Waals surface area (Å²) < 4.78 is 0. The lowest BCUT2D eigenvalue weighted by Crippen LogP contribution is -2.69. The van der Waals surface area contributed by atoms with Crippen LogP contribution >= 0.6 is 0 Å². The van der Waals surface area contributed by atoms with Gasteiger partial charge in [0.1, 0.15) is 0 Å². The van der Waals surface area contributed by atoms with Gasteiger partial charge in [0.05, 0.1) is 12.1 Å². The van der Waals surface area contributed by atoms with Crippen molar-refractivity contribution < 1.29 is 9.59 Å². The molecule has 4 heteroatoms. The van der Waals surface area contributed by atoms with E-state index < -0.39 is 0 Å². The van der Waals surface area contributed by atoms with Crippen molar-refractivity contribution in [2.24, 2.45) is 29.6 Å². The number of amides is 2. The molecule has 4 bridgehead atoms. The van der Waals surface area contributed by atoms with E-state index >= 15 is 0 Å². The molecule has 4 aliphatic rings. The van der Waals surface area contributed by atoms with Crippen molar-refractivity contribution in [3.8, 4) is 0 Å². The summed E-state index contributed by atoms with van der Waals surface area (Å²) in [5, 5.41) is 2.71. The third-order valence-electron chi connectivity index (χ3n) is 7.11. The minimum Gasteiger partial charge on any atom is -0.343 e. The van der Waals surface area contributed by atoms with Crippen LogP contribution in [0.25, 0.3) is 0 Å². The minimum absolute atomic E-state index is 0.0293. The molecule has 0 spiro atoms. The third-order valence-corrected chi connectivity index (χ3v) is 7.11. The highest BCUT2D eigenvalue weighted by Crippen LogP contribution is 2.62. The van der Waals surface area contributed by atoms with E-state index in [4.69, 9.17) is 0 Å². The Bertz CT molecular complexity index is 524. The van der Waals surface area contributed by atoms with Crippen molar-refractivity contribution in [1.82, 2.24) is 10.2 Å². The zero-order chi connectivity index (χ0) is 17.6. The summed E-state index contributed by atoms with van der Waals surface area (Å²) in [6.45, 7) is 9.92. The number of rotatable bonds is 5. The van der Waals surface area contributed by atoms with Crippen molar-refractivity contribution in [2.75, 3.05) is 13.6 Å². The first kappa shape index (κ1) is 17.5. The van der Waals surface area contributed by atoms with Crippen LogP contribution in [0, 0.1) is 29.6 Å². The van der Waals surface area contributed by atoms with Crippen LogP contribution in [0.15, 0.2) is 12.2 Å². The van der Waals surface area contributed by atoms with Crippen molar-refractivity contribution >= 4 is 11.8 Å². The molecule has 0 aliphatic heterocycles. The van der Waals surface area contributed by atoms with Crippen molar-refractivity contribution in [3.05, 3.63) is 12.2 Å². The lowest BCUT2D eigenvalue weighted by molar-refractivity contribution is -0.171. The standard InChI is InChI=1S/C20H32N2O2/c1-12(2)19(24)21-11-18(23)22(5)20(13(3)4)16-7-14-6-15(9-16)10-17(20)8-14/h13-17H,1,6-11H2,2-5H3,(H,21,24). The van der Waals surface area contributed by atoms with E-state index in [-0.39, 0.29) is 23.9 Å². The molecule has 4 nitrogen and oxygen atoms in total. The van der Waals surface area contributed by atoms with Crippen LogP contribution in [0.2, 0.25) is 0 Å². The topological polar surface area (TPSA) is 49.4 Å². The minimum atomic E-state index is -0.236. The van der Waals surface area contributed by atoms with E-state index in [1.165, 1.54) is 32.1 Å². The molecular weight excluding hydrogens is 300 g/mol. The summed E-state index contributed by atoms with van der Waals surface area (Å²) in [6, 6.07) is 0. The van der Waals surface area contributed by atoms with Crippen LogP contribution in [0.1, 0.15) is 52.9 Å². The molecule has 0 heterocycles. The highest BCUT2D eigenvalue weighted by molar-refractivity contribution is 5.94. The summed E-state index contributed by atoms with van der Waals surface area (Å²) in [4.78, 5) is 26.6. The maximum atomic E-state index is 12.9. The van der Waals surface area contributed by atoms with Crippen molar-refractivity contribution in [1.29, 1.82) is 0 Å². The molecular formula is C20H32N2O2. The van der Waals surface area contributed by atoms with E-state index in [1.807, 2.05) is 11.9 Å². The van der Waals surface area contributed by atoms with Crippen LogP contribution in [0.3, 0.4) is 0 Å². The number of likely N-dealkylation sites (N-methyl/N-ethyl adjacent to an activating group) is 1. The number of nitrogens with one attached hydrogen (secondary N) is 1. The summed E-state index contributed by atoms with van der Waals surface area (Å²) in [5.74, 6) is 3.25. The van der Waals surface area contributed by atoms with Gasteiger partial charge >= 0.3 is 0 Å². The lowest BCUT2D eigenvalue weighted by atomic mass is 9.45. The SMILES string of the molecule is C=C(C)C(=O)NCC(=O)N(C)C1(C(C)C)C2CC3CC(C2)CC1C3. The largest absolute Gasteiger partial charge is 0.343 e. The average molecular weight is 332 g/mol. The summed E-state index contributed by atoms with van der Waals surface area (Å²) in [5.41, 5.74) is 0.414. The van der Waals surface area contributed by atoms with Crippen LogP contribution in [-0.4, -0.2) is 35.8 Å². The summed E-state index contributed by atoms with van der Waals surface area (Å²) >= 11 is 0. The summed E-state index contributed by atoms with van der Waals surface area (Å²) in [7, 11) is 1.97. The molecule has 0 aromatic rings. The third kappa shape index (κ3) is 2.58. The number of hydrogen-bond donors (Lipinski definition) is 1. The average Bonchev–Trinajstić information content (AvgIpc) is 2.50. The van der Waals surface area contributed by atoms with Gasteiger partial charge in [-0.1, -0.05) is 20.4 Å². The molecule has 4 aliphatic carbocycles. The zero-order valence-electron chi connectivity index (χ0n) is 15.6. The monoisotopic (exact) mass is 332 g/mol. The smallest absolute Gasteiger partial charge is 0.246 e. The van der Waals surface area contributed by atoms with Crippen LogP contribution in [-0.2, 0) is 9.59 Å². The van der Waals surface area contributed by atoms with E-state index in [9.17, 15) is 9.59 Å². The van der Waals surface area contributed by atoms with Gasteiger partial charge in [-0.3, -0.25) is 9.59 Å². The second kappa shape index (κ2) is 6.20. The normalized spacial score (nSPS) is 36.7. The predicted molar refractivity (Wildman–Crippen MR) is 95.2 cm³/mol. The molecule has 1 N–H and O–H groups in total. The summed E-state index contributed by atoms with van der Waals surface area (Å²) in [6.07, 6.45) is 6.53.